The average Bonchev–Trinajstić information content (AvgIpc) is 3.01. The molecule has 0 bridgehead atoms. The van der Waals surface area contributed by atoms with E-state index >= 15 is 0 Å². The number of fused-ring (bicyclic) bond motifs is 1. The van der Waals surface area contributed by atoms with Crippen LogP contribution in [0.5, 0.6) is 0 Å². The third-order valence-corrected chi connectivity index (χ3v) is 9.07. The monoisotopic (exact) mass is 595 g/mol. The molecule has 0 unspecified atom stereocenters. The molecule has 1 heterocycles. The average molecular weight is 596 g/mol. The minimum absolute atomic E-state index is 0.00104. The minimum atomic E-state index is -4.31. The van der Waals surface area contributed by atoms with Crippen LogP contribution in [0.4, 0.5) is 0 Å². The van der Waals surface area contributed by atoms with Gasteiger partial charge in [-0.25, -0.2) is 18.0 Å². The number of sulfone groups is 1. The fourth-order valence-corrected chi connectivity index (χ4v) is 6.42. The standard InChI is InChI=1S/C34H29NO7S/c1-21-10-14-24(15-11-21)30-26-19-29(43(39,40)25-16-12-22(2)13-17-25)32(36)35(20-23-8-6-5-7-9-23)28(26)18-27(33(37)41-3)31(30)34(38)42-4/h5-19H,20H2,1-4H3. The Hall–Kier alpha value is -5.02. The molecule has 5 aromatic rings. The van der Waals surface area contributed by atoms with Crippen LogP contribution in [0.3, 0.4) is 0 Å². The summed E-state index contributed by atoms with van der Waals surface area (Å²) < 4.78 is 39.5. The van der Waals surface area contributed by atoms with Crippen molar-refractivity contribution in [1.29, 1.82) is 0 Å². The van der Waals surface area contributed by atoms with Crippen LogP contribution in [0.2, 0.25) is 0 Å². The number of hydrogen-bond acceptors (Lipinski definition) is 7. The second-order valence-corrected chi connectivity index (χ2v) is 12.1. The van der Waals surface area contributed by atoms with Gasteiger partial charge in [0.1, 0.15) is 4.90 Å². The van der Waals surface area contributed by atoms with Gasteiger partial charge in [-0.2, -0.15) is 0 Å². The van der Waals surface area contributed by atoms with Gasteiger partial charge < -0.3 is 14.0 Å². The number of nitrogens with zero attached hydrogens (tertiary/aromatic N) is 1. The number of aromatic nitrogens is 1. The van der Waals surface area contributed by atoms with Crippen molar-refractivity contribution in [1.82, 2.24) is 4.57 Å². The van der Waals surface area contributed by atoms with E-state index in [1.807, 2.05) is 56.3 Å². The van der Waals surface area contributed by atoms with Gasteiger partial charge in [0.25, 0.3) is 5.56 Å². The maximum Gasteiger partial charge on any atom is 0.339 e. The molecule has 9 heteroatoms. The Bertz CT molecular complexity index is 2030. The lowest BCUT2D eigenvalue weighted by Gasteiger charge is -2.20. The van der Waals surface area contributed by atoms with E-state index in [-0.39, 0.29) is 39.0 Å². The molecule has 1 aromatic heterocycles. The summed E-state index contributed by atoms with van der Waals surface area (Å²) in [7, 11) is -1.93. The second kappa shape index (κ2) is 11.7. The molecular formula is C34H29NO7S. The van der Waals surface area contributed by atoms with Crippen LogP contribution < -0.4 is 5.56 Å². The molecule has 0 N–H and O–H groups in total. The van der Waals surface area contributed by atoms with Gasteiger partial charge in [-0.15, -0.1) is 0 Å². The number of aryl methyl sites for hydroxylation is 2. The normalized spacial score (nSPS) is 11.3. The number of ether oxygens (including phenoxy) is 2. The van der Waals surface area contributed by atoms with E-state index in [0.29, 0.717) is 5.56 Å². The van der Waals surface area contributed by atoms with Gasteiger partial charge >= 0.3 is 11.9 Å². The quantitative estimate of drug-likeness (QED) is 0.221. The third kappa shape index (κ3) is 5.47. The summed E-state index contributed by atoms with van der Waals surface area (Å²) in [5.41, 5.74) is 2.55. The van der Waals surface area contributed by atoms with Gasteiger partial charge in [0, 0.05) is 10.9 Å². The van der Waals surface area contributed by atoms with Crippen molar-refractivity contribution >= 4 is 32.7 Å². The predicted octanol–water partition coefficient (Wildman–Crippen LogP) is 5.74. The van der Waals surface area contributed by atoms with E-state index in [9.17, 15) is 22.8 Å². The first-order chi connectivity index (χ1) is 20.6. The molecule has 43 heavy (non-hydrogen) atoms. The highest BCUT2D eigenvalue weighted by Gasteiger charge is 2.30. The highest BCUT2D eigenvalue weighted by Crippen LogP contribution is 2.37. The van der Waals surface area contributed by atoms with Crippen LogP contribution >= 0.6 is 0 Å². The Morgan fingerprint density at radius 1 is 0.767 bits per heavy atom. The Morgan fingerprint density at radius 3 is 1.93 bits per heavy atom. The maximum absolute atomic E-state index is 14.2. The number of rotatable bonds is 7. The summed E-state index contributed by atoms with van der Waals surface area (Å²) in [6.45, 7) is 3.73. The summed E-state index contributed by atoms with van der Waals surface area (Å²) in [5, 5.41) is 0.276. The van der Waals surface area contributed by atoms with Crippen LogP contribution in [0.1, 0.15) is 37.4 Å². The fourth-order valence-electron chi connectivity index (χ4n) is 5.05. The van der Waals surface area contributed by atoms with Crippen LogP contribution in [0, 0.1) is 13.8 Å². The summed E-state index contributed by atoms with van der Waals surface area (Å²) in [4.78, 5) is 40.1. The van der Waals surface area contributed by atoms with Gasteiger partial charge in [-0.3, -0.25) is 4.79 Å². The Balaban J connectivity index is 2.00. The maximum atomic E-state index is 14.2. The molecule has 0 saturated heterocycles. The highest BCUT2D eigenvalue weighted by molar-refractivity contribution is 7.91. The minimum Gasteiger partial charge on any atom is -0.465 e. The molecule has 5 rings (SSSR count). The molecule has 0 aliphatic rings. The molecule has 0 aliphatic carbocycles. The van der Waals surface area contributed by atoms with Crippen LogP contribution in [-0.2, 0) is 25.9 Å². The summed E-state index contributed by atoms with van der Waals surface area (Å²) in [6.07, 6.45) is 0. The van der Waals surface area contributed by atoms with Gasteiger partial charge in [-0.1, -0.05) is 77.9 Å². The van der Waals surface area contributed by atoms with E-state index < -0.39 is 32.2 Å². The van der Waals surface area contributed by atoms with Crippen molar-refractivity contribution in [3.63, 3.8) is 0 Å². The molecule has 218 valence electrons. The number of carbonyl (C=O) groups is 2. The smallest absolute Gasteiger partial charge is 0.339 e. The number of benzene rings is 4. The largest absolute Gasteiger partial charge is 0.465 e. The lowest BCUT2D eigenvalue weighted by molar-refractivity contribution is 0.0556. The highest BCUT2D eigenvalue weighted by atomic mass is 32.2. The summed E-state index contributed by atoms with van der Waals surface area (Å²) >= 11 is 0. The fraction of sp³-hybridized carbons (Fsp3) is 0.147. The first-order valence-electron chi connectivity index (χ1n) is 13.4. The van der Waals surface area contributed by atoms with Gasteiger partial charge in [-0.05, 0) is 49.2 Å². The van der Waals surface area contributed by atoms with Gasteiger partial charge in [0.15, 0.2) is 0 Å². The van der Waals surface area contributed by atoms with Crippen molar-refractivity contribution in [2.24, 2.45) is 0 Å². The molecular weight excluding hydrogens is 566 g/mol. The molecule has 0 radical (unpaired) electrons. The first-order valence-corrected chi connectivity index (χ1v) is 14.9. The molecule has 0 saturated carbocycles. The number of esters is 2. The molecule has 0 aliphatic heterocycles. The van der Waals surface area contributed by atoms with Crippen molar-refractivity contribution < 1.29 is 27.5 Å². The van der Waals surface area contributed by atoms with Crippen molar-refractivity contribution in [3.05, 3.63) is 129 Å². The van der Waals surface area contributed by atoms with Crippen LogP contribution in [0.25, 0.3) is 22.0 Å². The number of hydrogen-bond donors (Lipinski definition) is 0. The second-order valence-electron chi connectivity index (χ2n) is 10.2. The predicted molar refractivity (Wildman–Crippen MR) is 163 cm³/mol. The van der Waals surface area contributed by atoms with Crippen molar-refractivity contribution in [2.45, 2.75) is 30.2 Å². The Kier molecular flexibility index (Phi) is 8.02. The molecule has 8 nitrogen and oxygen atoms in total. The Labute approximate surface area is 249 Å². The lowest BCUT2D eigenvalue weighted by atomic mass is 9.90. The van der Waals surface area contributed by atoms with E-state index in [1.165, 1.54) is 43.1 Å². The van der Waals surface area contributed by atoms with Crippen LogP contribution in [-0.4, -0.2) is 39.1 Å². The first kappa shape index (κ1) is 29.5. The number of pyridine rings is 1. The van der Waals surface area contributed by atoms with E-state index in [1.54, 1.807) is 24.3 Å². The van der Waals surface area contributed by atoms with Crippen LogP contribution in [0.15, 0.2) is 106 Å². The Morgan fingerprint density at radius 2 is 1.35 bits per heavy atom. The van der Waals surface area contributed by atoms with E-state index in [0.717, 1.165) is 16.7 Å². The van der Waals surface area contributed by atoms with Gasteiger partial charge in [0.05, 0.1) is 42.3 Å². The topological polar surface area (TPSA) is 109 Å². The van der Waals surface area contributed by atoms with Crippen molar-refractivity contribution in [3.8, 4) is 11.1 Å². The SMILES string of the molecule is COC(=O)c1cc2c(cc(S(=O)(=O)c3ccc(C)cc3)c(=O)n2Cc2ccccc2)c(-c2ccc(C)cc2)c1C(=O)OC. The zero-order valence-electron chi connectivity index (χ0n) is 24.1. The lowest BCUT2D eigenvalue weighted by Crippen LogP contribution is -2.28. The van der Waals surface area contributed by atoms with E-state index in [4.69, 9.17) is 9.47 Å². The zero-order valence-corrected chi connectivity index (χ0v) is 24.9. The number of methoxy groups -OCH3 is 2. The third-order valence-electron chi connectivity index (χ3n) is 7.31. The molecule has 0 fully saturated rings. The van der Waals surface area contributed by atoms with E-state index in [2.05, 4.69) is 0 Å². The zero-order chi connectivity index (χ0) is 30.9. The van der Waals surface area contributed by atoms with Crippen molar-refractivity contribution in [2.75, 3.05) is 14.2 Å². The molecule has 0 atom stereocenters. The molecule has 0 spiro atoms. The summed E-state index contributed by atoms with van der Waals surface area (Å²) in [6, 6.07) is 25.2. The molecule has 4 aromatic carbocycles. The van der Waals surface area contributed by atoms with Gasteiger partial charge in [0.2, 0.25) is 9.84 Å². The molecule has 0 amide bonds. The summed E-state index contributed by atoms with van der Waals surface area (Å²) in [5.74, 6) is -1.63. The number of carbonyl (C=O) groups excluding carboxylic acids is 2.